The summed E-state index contributed by atoms with van der Waals surface area (Å²) in [6.07, 6.45) is 5.30. The van der Waals surface area contributed by atoms with Crippen molar-refractivity contribution in [3.05, 3.63) is 24.0 Å². The Labute approximate surface area is 108 Å². The van der Waals surface area contributed by atoms with Crippen molar-refractivity contribution in [2.75, 3.05) is 11.4 Å². The Morgan fingerprint density at radius 2 is 2.22 bits per heavy atom. The van der Waals surface area contributed by atoms with Crippen molar-refractivity contribution in [1.29, 1.82) is 0 Å². The first-order valence-electron chi connectivity index (χ1n) is 6.54. The van der Waals surface area contributed by atoms with E-state index in [0.29, 0.717) is 12.0 Å². The smallest absolute Gasteiger partial charge is 0.354 e. The normalized spacial score (nSPS) is 14.8. The van der Waals surface area contributed by atoms with Crippen molar-refractivity contribution in [3.8, 4) is 0 Å². The average Bonchev–Trinajstić information content (AvgIpc) is 3.14. The zero-order valence-electron chi connectivity index (χ0n) is 11.0. The van der Waals surface area contributed by atoms with Crippen LogP contribution < -0.4 is 4.90 Å². The third-order valence-corrected chi connectivity index (χ3v) is 3.23. The van der Waals surface area contributed by atoms with Gasteiger partial charge in [0.05, 0.1) is 11.9 Å². The highest BCUT2D eigenvalue weighted by molar-refractivity contribution is 5.85. The van der Waals surface area contributed by atoms with Gasteiger partial charge in [-0.3, -0.25) is 0 Å². The van der Waals surface area contributed by atoms with E-state index in [1.807, 2.05) is 6.07 Å². The number of carboxylic acids is 1. The molecule has 1 heterocycles. The highest BCUT2D eigenvalue weighted by Gasteiger charge is 2.29. The van der Waals surface area contributed by atoms with Gasteiger partial charge in [-0.2, -0.15) is 0 Å². The first-order chi connectivity index (χ1) is 8.58. The number of hydrogen-bond donors (Lipinski definition) is 1. The van der Waals surface area contributed by atoms with E-state index in [4.69, 9.17) is 5.11 Å². The molecule has 1 aromatic rings. The molecule has 1 aliphatic carbocycles. The summed E-state index contributed by atoms with van der Waals surface area (Å²) in [5.74, 6) is -0.292. The molecule has 0 saturated heterocycles. The average molecular weight is 248 g/mol. The number of pyridine rings is 1. The molecule has 0 unspecified atom stereocenters. The number of aromatic carboxylic acids is 1. The van der Waals surface area contributed by atoms with Gasteiger partial charge in [-0.1, -0.05) is 13.8 Å². The lowest BCUT2D eigenvalue weighted by atomic mass is 10.1. The van der Waals surface area contributed by atoms with Crippen LogP contribution in [0.3, 0.4) is 0 Å². The van der Waals surface area contributed by atoms with Crippen LogP contribution >= 0.6 is 0 Å². The Bertz CT molecular complexity index is 410. The van der Waals surface area contributed by atoms with Crippen LogP contribution in [0.25, 0.3) is 0 Å². The van der Waals surface area contributed by atoms with E-state index >= 15 is 0 Å². The summed E-state index contributed by atoms with van der Waals surface area (Å²) in [7, 11) is 0. The van der Waals surface area contributed by atoms with E-state index in [-0.39, 0.29) is 5.69 Å². The molecule has 18 heavy (non-hydrogen) atoms. The van der Waals surface area contributed by atoms with E-state index < -0.39 is 5.97 Å². The minimum atomic E-state index is -0.971. The number of aromatic nitrogens is 1. The second-order valence-corrected chi connectivity index (χ2v) is 5.31. The summed E-state index contributed by atoms with van der Waals surface area (Å²) in [5, 5.41) is 8.84. The van der Waals surface area contributed by atoms with Crippen molar-refractivity contribution in [3.63, 3.8) is 0 Å². The molecule has 98 valence electrons. The van der Waals surface area contributed by atoms with Crippen LogP contribution in [0, 0.1) is 5.92 Å². The van der Waals surface area contributed by atoms with E-state index in [1.54, 1.807) is 12.3 Å². The maximum Gasteiger partial charge on any atom is 0.354 e. The van der Waals surface area contributed by atoms with E-state index in [1.165, 1.54) is 12.8 Å². The van der Waals surface area contributed by atoms with Crippen LogP contribution in [0.1, 0.15) is 43.6 Å². The Balaban J connectivity index is 2.07. The van der Waals surface area contributed by atoms with Gasteiger partial charge >= 0.3 is 5.97 Å². The predicted molar refractivity (Wildman–Crippen MR) is 71.0 cm³/mol. The minimum Gasteiger partial charge on any atom is -0.477 e. The predicted octanol–water partition coefficient (Wildman–Crippen LogP) is 2.79. The van der Waals surface area contributed by atoms with Gasteiger partial charge in [0, 0.05) is 12.6 Å². The van der Waals surface area contributed by atoms with E-state index in [9.17, 15) is 4.79 Å². The highest BCUT2D eigenvalue weighted by Crippen LogP contribution is 2.31. The van der Waals surface area contributed by atoms with Crippen molar-refractivity contribution in [2.24, 2.45) is 5.92 Å². The quantitative estimate of drug-likeness (QED) is 0.841. The fraction of sp³-hybridized carbons (Fsp3) is 0.571. The van der Waals surface area contributed by atoms with Gasteiger partial charge in [0.25, 0.3) is 0 Å². The van der Waals surface area contributed by atoms with E-state index in [0.717, 1.165) is 18.7 Å². The molecule has 0 radical (unpaired) electrons. The topological polar surface area (TPSA) is 53.4 Å². The number of carbonyl (C=O) groups is 1. The Kier molecular flexibility index (Phi) is 3.84. The molecule has 0 bridgehead atoms. The number of hydrogen-bond acceptors (Lipinski definition) is 3. The van der Waals surface area contributed by atoms with Crippen molar-refractivity contribution in [1.82, 2.24) is 4.98 Å². The van der Waals surface area contributed by atoms with E-state index in [2.05, 4.69) is 23.7 Å². The monoisotopic (exact) mass is 248 g/mol. The molecule has 1 N–H and O–H groups in total. The number of carboxylic acid groups (broad SMARTS) is 1. The summed E-state index contributed by atoms with van der Waals surface area (Å²) < 4.78 is 0. The van der Waals surface area contributed by atoms with Gasteiger partial charge in [0.1, 0.15) is 5.69 Å². The highest BCUT2D eigenvalue weighted by atomic mass is 16.4. The molecule has 0 amide bonds. The lowest BCUT2D eigenvalue weighted by Crippen LogP contribution is -2.27. The zero-order valence-corrected chi connectivity index (χ0v) is 11.0. The van der Waals surface area contributed by atoms with Crippen molar-refractivity contribution >= 4 is 11.7 Å². The molecule has 0 aromatic carbocycles. The molecule has 1 fully saturated rings. The van der Waals surface area contributed by atoms with Gasteiger partial charge in [-0.25, -0.2) is 9.78 Å². The first-order valence-corrected chi connectivity index (χ1v) is 6.54. The largest absolute Gasteiger partial charge is 0.477 e. The molecule has 4 heteroatoms. The SMILES string of the molecule is CC(C)CCN(c1ccc(C(=O)O)nc1)C1CC1. The Morgan fingerprint density at radius 3 is 2.67 bits per heavy atom. The van der Waals surface area contributed by atoms with Crippen LogP contribution in [-0.2, 0) is 0 Å². The summed E-state index contributed by atoms with van der Waals surface area (Å²) in [6.45, 7) is 5.46. The molecule has 1 saturated carbocycles. The molecule has 2 rings (SSSR count). The van der Waals surface area contributed by atoms with Gasteiger partial charge < -0.3 is 10.0 Å². The van der Waals surface area contributed by atoms with Crippen LogP contribution in [0.4, 0.5) is 5.69 Å². The van der Waals surface area contributed by atoms with Crippen molar-refractivity contribution < 1.29 is 9.90 Å². The summed E-state index contributed by atoms with van der Waals surface area (Å²) in [4.78, 5) is 17.1. The fourth-order valence-electron chi connectivity index (χ4n) is 1.99. The molecule has 1 aromatic heterocycles. The molecule has 1 aliphatic rings. The molecule has 0 aliphatic heterocycles. The fourth-order valence-corrected chi connectivity index (χ4v) is 1.99. The van der Waals surface area contributed by atoms with Gasteiger partial charge in [0.2, 0.25) is 0 Å². The number of rotatable bonds is 6. The Morgan fingerprint density at radius 1 is 1.50 bits per heavy atom. The van der Waals surface area contributed by atoms with Gasteiger partial charge in [0.15, 0.2) is 0 Å². The maximum atomic E-state index is 10.8. The number of anilines is 1. The molecule has 4 nitrogen and oxygen atoms in total. The lowest BCUT2D eigenvalue weighted by molar-refractivity contribution is 0.0690. The zero-order chi connectivity index (χ0) is 13.1. The Hall–Kier alpha value is -1.58. The maximum absolute atomic E-state index is 10.8. The number of nitrogens with zero attached hydrogens (tertiary/aromatic N) is 2. The second-order valence-electron chi connectivity index (χ2n) is 5.31. The summed E-state index contributed by atoms with van der Waals surface area (Å²) in [6, 6.07) is 4.08. The third-order valence-electron chi connectivity index (χ3n) is 3.23. The standard InChI is InChI=1S/C14H20N2O2/c1-10(2)7-8-16(11-3-4-11)12-5-6-13(14(17)18)15-9-12/h5-6,9-11H,3-4,7-8H2,1-2H3,(H,17,18). The minimum absolute atomic E-state index is 0.110. The van der Waals surface area contributed by atoms with Gasteiger partial charge in [-0.05, 0) is 37.3 Å². The van der Waals surface area contributed by atoms with Crippen LogP contribution in [0.2, 0.25) is 0 Å². The molecular formula is C14H20N2O2. The lowest BCUT2D eigenvalue weighted by Gasteiger charge is -2.25. The molecular weight excluding hydrogens is 228 g/mol. The van der Waals surface area contributed by atoms with Crippen LogP contribution in [0.15, 0.2) is 18.3 Å². The van der Waals surface area contributed by atoms with Gasteiger partial charge in [-0.15, -0.1) is 0 Å². The second kappa shape index (κ2) is 5.38. The molecule has 0 spiro atoms. The summed E-state index contributed by atoms with van der Waals surface area (Å²) >= 11 is 0. The molecule has 0 atom stereocenters. The van der Waals surface area contributed by atoms with Crippen LogP contribution in [-0.4, -0.2) is 28.6 Å². The third kappa shape index (κ3) is 3.22. The van der Waals surface area contributed by atoms with Crippen LogP contribution in [0.5, 0.6) is 0 Å². The van der Waals surface area contributed by atoms with Crippen molar-refractivity contribution in [2.45, 2.75) is 39.2 Å². The first kappa shape index (κ1) is 12.9. The summed E-state index contributed by atoms with van der Waals surface area (Å²) in [5.41, 5.74) is 1.15.